The zero-order valence-corrected chi connectivity index (χ0v) is 58.9. The summed E-state index contributed by atoms with van der Waals surface area (Å²) >= 11 is 0. The highest BCUT2D eigenvalue weighted by Gasteiger charge is 2.27. The molecule has 0 bridgehead atoms. The van der Waals surface area contributed by atoms with Gasteiger partial charge in [-0.15, -0.1) is 0 Å². The quantitative estimate of drug-likeness (QED) is 0.0211. The second kappa shape index (κ2) is 67.8. The molecule has 0 spiro atoms. The zero-order valence-electron chi connectivity index (χ0n) is 58.0. The number of carbonyl (C=O) groups excluding carboxylic acids is 2. The molecule has 9 nitrogen and oxygen atoms in total. The Morgan fingerprint density at radius 1 is 0.368 bits per heavy atom. The summed E-state index contributed by atoms with van der Waals surface area (Å²) in [7, 11) is 1.49. The lowest BCUT2D eigenvalue weighted by Crippen LogP contribution is -2.37. The van der Waals surface area contributed by atoms with Gasteiger partial charge in [0.2, 0.25) is 0 Å². The summed E-state index contributed by atoms with van der Waals surface area (Å²) in [5.41, 5.74) is 0. The fourth-order valence-corrected chi connectivity index (χ4v) is 11.6. The average molecular weight is 1240 g/mol. The molecule has 0 rings (SSSR count). The van der Waals surface area contributed by atoms with Crippen LogP contribution in [0.15, 0.2) is 72.9 Å². The summed E-state index contributed by atoms with van der Waals surface area (Å²) in [6.45, 7) is 4.38. The Morgan fingerprint density at radius 2 is 0.655 bits per heavy atom. The van der Waals surface area contributed by atoms with E-state index >= 15 is 0 Å². The molecule has 0 aliphatic carbocycles. The van der Waals surface area contributed by atoms with Crippen LogP contribution in [0.5, 0.6) is 0 Å². The van der Waals surface area contributed by atoms with Gasteiger partial charge in [-0.05, 0) is 64.2 Å². The molecular formula is C77H143NO8P+. The van der Waals surface area contributed by atoms with Gasteiger partial charge in [0, 0.05) is 12.8 Å². The first-order valence-corrected chi connectivity index (χ1v) is 38.7. The number of esters is 2. The van der Waals surface area contributed by atoms with Crippen molar-refractivity contribution in [2.75, 3.05) is 47.5 Å². The van der Waals surface area contributed by atoms with E-state index in [1.54, 1.807) is 0 Å². The maximum Gasteiger partial charge on any atom is 0.472 e. The van der Waals surface area contributed by atoms with Crippen LogP contribution in [-0.2, 0) is 32.7 Å². The number of unbranched alkanes of at least 4 members (excludes halogenated alkanes) is 43. The number of phosphoric ester groups is 1. The number of carbonyl (C=O) groups is 2. The van der Waals surface area contributed by atoms with Crippen molar-refractivity contribution in [3.8, 4) is 0 Å². The molecule has 10 heteroatoms. The number of nitrogens with zero attached hydrogens (tertiary/aromatic N) is 1. The van der Waals surface area contributed by atoms with Crippen molar-refractivity contribution in [1.29, 1.82) is 0 Å². The highest BCUT2D eigenvalue weighted by atomic mass is 31.2. The van der Waals surface area contributed by atoms with Gasteiger partial charge >= 0.3 is 19.8 Å². The van der Waals surface area contributed by atoms with E-state index in [0.29, 0.717) is 23.9 Å². The Hall–Kier alpha value is -2.55. The number of ether oxygens (including phenoxy) is 2. The molecular weight excluding hydrogens is 1100 g/mol. The van der Waals surface area contributed by atoms with Gasteiger partial charge in [-0.25, -0.2) is 4.57 Å². The molecule has 1 N–H and O–H groups in total. The Balaban J connectivity index is 3.99. The van der Waals surface area contributed by atoms with Gasteiger partial charge in [-0.1, -0.05) is 350 Å². The maximum absolute atomic E-state index is 12.9. The number of rotatable bonds is 69. The van der Waals surface area contributed by atoms with Crippen LogP contribution >= 0.6 is 7.82 Å². The molecule has 0 fully saturated rings. The van der Waals surface area contributed by atoms with Crippen LogP contribution < -0.4 is 0 Å². The van der Waals surface area contributed by atoms with Crippen molar-refractivity contribution in [2.24, 2.45) is 0 Å². The van der Waals surface area contributed by atoms with E-state index in [9.17, 15) is 19.0 Å². The first-order chi connectivity index (χ1) is 42.5. The first-order valence-electron chi connectivity index (χ1n) is 37.2. The number of likely N-dealkylation sites (N-methyl/N-ethyl adjacent to an activating group) is 1. The van der Waals surface area contributed by atoms with Crippen LogP contribution in [0.2, 0.25) is 0 Å². The van der Waals surface area contributed by atoms with Gasteiger partial charge in [0.25, 0.3) is 0 Å². The lowest BCUT2D eigenvalue weighted by molar-refractivity contribution is -0.870. The molecule has 2 unspecified atom stereocenters. The molecule has 0 amide bonds. The van der Waals surface area contributed by atoms with Gasteiger partial charge in [0.05, 0.1) is 27.7 Å². The van der Waals surface area contributed by atoms with Crippen LogP contribution in [0.4, 0.5) is 0 Å². The second-order valence-electron chi connectivity index (χ2n) is 26.3. The van der Waals surface area contributed by atoms with Crippen molar-refractivity contribution in [2.45, 2.75) is 360 Å². The SMILES string of the molecule is CC/C=C\C/C=C\C/C=C\C/C=C\C/C=C\C/C=C\CCCCCCCCCCCCCCCCC(=O)OC(COC(=O)CCCCCCCCCCCCCCCCCCCCCCCCCCCCCCCC)COP(=O)(O)OCC[N+](C)(C)C. The normalized spacial score (nSPS) is 13.5. The minimum Gasteiger partial charge on any atom is -0.462 e. The summed E-state index contributed by atoms with van der Waals surface area (Å²) in [6, 6.07) is 0. The van der Waals surface area contributed by atoms with Crippen LogP contribution in [0.25, 0.3) is 0 Å². The minimum atomic E-state index is -4.39. The standard InChI is InChI=1S/C77H142NO8P/c1-6-8-10-12-14-16-18-20-22-24-26-28-30-32-34-36-38-39-40-42-44-46-48-50-52-54-56-58-60-62-64-66-68-70-77(80)86-75(74-85-87(81,82)84-72-71-78(3,4)5)73-83-76(79)69-67-65-63-61-59-57-55-53-51-49-47-45-43-41-37-35-33-31-29-27-25-23-21-19-17-15-13-11-9-7-2/h8,10,14,16,20,22,26,28,32,34,38-39,75H,6-7,9,11-13,15,17-19,21,23-25,27,29-31,33,35-37,40-74H2,1-5H3/p+1/b10-8-,16-14-,22-20-,28-26-,34-32-,39-38-. The molecule has 0 saturated carbocycles. The Kier molecular flexibility index (Phi) is 65.8. The van der Waals surface area contributed by atoms with Crippen LogP contribution in [-0.4, -0.2) is 74.9 Å². The molecule has 0 aromatic heterocycles. The molecule has 0 radical (unpaired) electrons. The van der Waals surface area contributed by atoms with Crippen molar-refractivity contribution >= 4 is 19.8 Å². The van der Waals surface area contributed by atoms with Gasteiger partial charge in [-0.2, -0.15) is 0 Å². The third-order valence-electron chi connectivity index (χ3n) is 16.5. The van der Waals surface area contributed by atoms with E-state index in [1.807, 2.05) is 21.1 Å². The van der Waals surface area contributed by atoms with E-state index in [2.05, 4.69) is 86.8 Å². The van der Waals surface area contributed by atoms with E-state index < -0.39 is 26.5 Å². The largest absolute Gasteiger partial charge is 0.472 e. The van der Waals surface area contributed by atoms with Gasteiger partial charge in [0.15, 0.2) is 6.10 Å². The van der Waals surface area contributed by atoms with Gasteiger partial charge in [-0.3, -0.25) is 18.6 Å². The van der Waals surface area contributed by atoms with Gasteiger partial charge < -0.3 is 18.9 Å². The third-order valence-corrected chi connectivity index (χ3v) is 17.5. The van der Waals surface area contributed by atoms with E-state index in [-0.39, 0.29) is 25.6 Å². The molecule has 508 valence electrons. The third kappa shape index (κ3) is 72.4. The Bertz CT molecular complexity index is 1700. The Labute approximate surface area is 539 Å². The number of allylic oxidation sites excluding steroid dienone is 12. The summed E-state index contributed by atoms with van der Waals surface area (Å²) in [6.07, 6.45) is 91.7. The molecule has 0 aromatic carbocycles. The average Bonchev–Trinajstić information content (AvgIpc) is 3.50. The fraction of sp³-hybridized carbons (Fsp3) is 0.818. The smallest absolute Gasteiger partial charge is 0.462 e. The monoisotopic (exact) mass is 1240 g/mol. The minimum absolute atomic E-state index is 0.0319. The first kappa shape index (κ1) is 84.5. The number of hydrogen-bond donors (Lipinski definition) is 1. The van der Waals surface area contributed by atoms with Crippen LogP contribution in [0.3, 0.4) is 0 Å². The highest BCUT2D eigenvalue weighted by Crippen LogP contribution is 2.43. The van der Waals surface area contributed by atoms with Crippen molar-refractivity contribution in [3.63, 3.8) is 0 Å². The topological polar surface area (TPSA) is 108 Å². The van der Waals surface area contributed by atoms with E-state index in [0.717, 1.165) is 77.0 Å². The molecule has 0 aromatic rings. The summed E-state index contributed by atoms with van der Waals surface area (Å²) in [5, 5.41) is 0. The van der Waals surface area contributed by atoms with Crippen LogP contribution in [0, 0.1) is 0 Å². The van der Waals surface area contributed by atoms with Crippen molar-refractivity contribution in [3.05, 3.63) is 72.9 Å². The van der Waals surface area contributed by atoms with E-state index in [4.69, 9.17) is 18.5 Å². The van der Waals surface area contributed by atoms with Crippen molar-refractivity contribution < 1.29 is 42.1 Å². The van der Waals surface area contributed by atoms with Gasteiger partial charge in [0.1, 0.15) is 19.8 Å². The lowest BCUT2D eigenvalue weighted by atomic mass is 10.0. The molecule has 2 atom stereocenters. The van der Waals surface area contributed by atoms with Crippen LogP contribution in [0.1, 0.15) is 354 Å². The zero-order chi connectivity index (χ0) is 63.4. The molecule has 0 aliphatic heterocycles. The molecule has 0 aliphatic rings. The predicted octanol–water partition coefficient (Wildman–Crippen LogP) is 24.3. The number of quaternary nitrogens is 1. The second-order valence-corrected chi connectivity index (χ2v) is 27.8. The molecule has 87 heavy (non-hydrogen) atoms. The maximum atomic E-state index is 12.9. The highest BCUT2D eigenvalue weighted by molar-refractivity contribution is 7.47. The summed E-state index contributed by atoms with van der Waals surface area (Å²) < 4.78 is 34.8. The Morgan fingerprint density at radius 3 is 0.977 bits per heavy atom. The lowest BCUT2D eigenvalue weighted by Gasteiger charge is -2.24. The summed E-state index contributed by atoms with van der Waals surface area (Å²) in [4.78, 5) is 35.9. The van der Waals surface area contributed by atoms with Crippen molar-refractivity contribution in [1.82, 2.24) is 0 Å². The number of hydrogen-bond acceptors (Lipinski definition) is 7. The predicted molar refractivity (Wildman–Crippen MR) is 376 cm³/mol. The van der Waals surface area contributed by atoms with E-state index in [1.165, 1.54) is 244 Å². The number of phosphoric acid groups is 1. The summed E-state index contributed by atoms with van der Waals surface area (Å²) in [5.74, 6) is -0.781. The fourth-order valence-electron chi connectivity index (χ4n) is 10.8. The molecule has 0 heterocycles. The molecule has 0 saturated heterocycles.